The van der Waals surface area contributed by atoms with Gasteiger partial charge >= 0.3 is 0 Å². The molecule has 1 rings (SSSR count). The Kier molecular flexibility index (Phi) is 3.53. The summed E-state index contributed by atoms with van der Waals surface area (Å²) in [6, 6.07) is 0. The normalized spacial score (nSPS) is 34.6. The zero-order valence-electron chi connectivity index (χ0n) is 8.79. The van der Waals surface area contributed by atoms with Gasteiger partial charge in [-0.1, -0.05) is 45.2 Å². The number of allylic oxidation sites excluding steroid dienone is 4. The van der Waals surface area contributed by atoms with Crippen LogP contribution in [-0.2, 0) is 0 Å². The fourth-order valence-corrected chi connectivity index (χ4v) is 2.31. The van der Waals surface area contributed by atoms with Crippen molar-refractivity contribution in [2.24, 2.45) is 17.8 Å². The molecule has 0 heteroatoms. The van der Waals surface area contributed by atoms with E-state index in [1.54, 1.807) is 0 Å². The molecular formula is C13H20. The summed E-state index contributed by atoms with van der Waals surface area (Å²) in [4.78, 5) is 0. The fraction of sp³-hybridized carbons (Fsp3) is 0.538. The average Bonchev–Trinajstić information content (AvgIpc) is 2.45. The highest BCUT2D eigenvalue weighted by Crippen LogP contribution is 2.40. The van der Waals surface area contributed by atoms with Crippen LogP contribution in [0.25, 0.3) is 0 Å². The fourth-order valence-electron chi connectivity index (χ4n) is 2.31. The van der Waals surface area contributed by atoms with Crippen molar-refractivity contribution in [1.82, 2.24) is 0 Å². The molecule has 0 spiro atoms. The van der Waals surface area contributed by atoms with Gasteiger partial charge in [-0.15, -0.1) is 0 Å². The van der Waals surface area contributed by atoms with Gasteiger partial charge in [-0.25, -0.2) is 0 Å². The van der Waals surface area contributed by atoms with Crippen LogP contribution in [0.15, 0.2) is 37.0 Å². The van der Waals surface area contributed by atoms with Crippen LogP contribution in [0, 0.1) is 17.8 Å². The molecule has 72 valence electrons. The minimum absolute atomic E-state index is 0.713. The van der Waals surface area contributed by atoms with Gasteiger partial charge in [0.05, 0.1) is 0 Å². The maximum Gasteiger partial charge on any atom is -0.0134 e. The van der Waals surface area contributed by atoms with Crippen LogP contribution >= 0.6 is 0 Å². The zero-order valence-corrected chi connectivity index (χ0v) is 8.79. The number of rotatable bonds is 3. The Morgan fingerprint density at radius 1 is 1.23 bits per heavy atom. The van der Waals surface area contributed by atoms with Crippen molar-refractivity contribution in [1.29, 1.82) is 0 Å². The quantitative estimate of drug-likeness (QED) is 0.571. The number of hydrogen-bond donors (Lipinski definition) is 0. The van der Waals surface area contributed by atoms with Gasteiger partial charge < -0.3 is 0 Å². The van der Waals surface area contributed by atoms with E-state index in [-0.39, 0.29) is 0 Å². The van der Waals surface area contributed by atoms with E-state index >= 15 is 0 Å². The first kappa shape index (κ1) is 10.3. The summed E-state index contributed by atoms with van der Waals surface area (Å²) < 4.78 is 0. The minimum atomic E-state index is 0.713. The van der Waals surface area contributed by atoms with Gasteiger partial charge in [-0.3, -0.25) is 0 Å². The van der Waals surface area contributed by atoms with Crippen LogP contribution in [0.1, 0.15) is 26.7 Å². The predicted octanol–water partition coefficient (Wildman–Crippen LogP) is 3.97. The highest BCUT2D eigenvalue weighted by atomic mass is 14.4. The van der Waals surface area contributed by atoms with Crippen LogP contribution < -0.4 is 0 Å². The third-order valence-electron chi connectivity index (χ3n) is 3.44. The molecule has 0 nitrogen and oxygen atoms in total. The predicted molar refractivity (Wildman–Crippen MR) is 59.5 cm³/mol. The molecule has 1 aliphatic carbocycles. The van der Waals surface area contributed by atoms with Crippen LogP contribution in [0.2, 0.25) is 0 Å². The largest absolute Gasteiger partial charge is 0.0991 e. The lowest BCUT2D eigenvalue weighted by Crippen LogP contribution is -2.10. The van der Waals surface area contributed by atoms with Gasteiger partial charge in [0.2, 0.25) is 0 Å². The molecule has 0 amide bonds. The molecule has 0 aromatic carbocycles. The van der Waals surface area contributed by atoms with Gasteiger partial charge in [-0.05, 0) is 36.2 Å². The summed E-state index contributed by atoms with van der Waals surface area (Å²) >= 11 is 0. The third kappa shape index (κ3) is 2.12. The summed E-state index contributed by atoms with van der Waals surface area (Å²) in [5.74, 6) is 2.37. The molecule has 1 saturated carbocycles. The summed E-state index contributed by atoms with van der Waals surface area (Å²) in [5.41, 5.74) is 1.37. The van der Waals surface area contributed by atoms with E-state index in [0.29, 0.717) is 5.92 Å². The Hall–Kier alpha value is -0.780. The molecule has 1 fully saturated rings. The Labute approximate surface area is 82.0 Å². The monoisotopic (exact) mass is 176 g/mol. The lowest BCUT2D eigenvalue weighted by Gasteiger charge is -2.18. The molecular weight excluding hydrogens is 156 g/mol. The molecule has 0 aromatic rings. The summed E-state index contributed by atoms with van der Waals surface area (Å²) in [5, 5.41) is 0. The van der Waals surface area contributed by atoms with Crippen molar-refractivity contribution >= 4 is 0 Å². The zero-order chi connectivity index (χ0) is 9.84. The minimum Gasteiger partial charge on any atom is -0.0991 e. The Balaban J connectivity index is 2.76. The summed E-state index contributed by atoms with van der Waals surface area (Å²) in [7, 11) is 0. The molecule has 0 aromatic heterocycles. The highest BCUT2D eigenvalue weighted by molar-refractivity contribution is 5.25. The van der Waals surface area contributed by atoms with E-state index in [2.05, 4.69) is 33.1 Å². The first-order valence-electron chi connectivity index (χ1n) is 5.15. The van der Waals surface area contributed by atoms with Crippen LogP contribution in [0.4, 0.5) is 0 Å². The van der Waals surface area contributed by atoms with E-state index in [1.807, 2.05) is 12.2 Å². The van der Waals surface area contributed by atoms with E-state index in [4.69, 9.17) is 0 Å². The van der Waals surface area contributed by atoms with E-state index < -0.39 is 0 Å². The van der Waals surface area contributed by atoms with E-state index in [0.717, 1.165) is 11.8 Å². The maximum atomic E-state index is 3.87. The lowest BCUT2D eigenvalue weighted by molar-refractivity contribution is 0.398. The second-order valence-corrected chi connectivity index (χ2v) is 4.13. The van der Waals surface area contributed by atoms with E-state index in [1.165, 1.54) is 18.4 Å². The van der Waals surface area contributed by atoms with Crippen molar-refractivity contribution in [3.63, 3.8) is 0 Å². The van der Waals surface area contributed by atoms with E-state index in [9.17, 15) is 0 Å². The molecule has 1 aliphatic rings. The number of hydrogen-bond acceptors (Lipinski definition) is 0. The van der Waals surface area contributed by atoms with Crippen LogP contribution in [0.5, 0.6) is 0 Å². The molecule has 3 atom stereocenters. The molecule has 0 saturated heterocycles. The molecule has 0 radical (unpaired) electrons. The molecule has 0 bridgehead atoms. The van der Waals surface area contributed by atoms with Crippen molar-refractivity contribution in [3.8, 4) is 0 Å². The highest BCUT2D eigenvalue weighted by Gasteiger charge is 2.30. The van der Waals surface area contributed by atoms with Crippen LogP contribution in [-0.4, -0.2) is 0 Å². The van der Waals surface area contributed by atoms with Crippen molar-refractivity contribution < 1.29 is 0 Å². The van der Waals surface area contributed by atoms with Gasteiger partial charge in [0, 0.05) is 0 Å². The van der Waals surface area contributed by atoms with Crippen molar-refractivity contribution in [3.05, 3.63) is 37.0 Å². The first-order chi connectivity index (χ1) is 6.20. The SMILES string of the molecule is C=C/C=C(\C=C)C1CCC(C)C1C. The van der Waals surface area contributed by atoms with Gasteiger partial charge in [-0.2, -0.15) is 0 Å². The molecule has 0 N–H and O–H groups in total. The van der Waals surface area contributed by atoms with Crippen LogP contribution in [0.3, 0.4) is 0 Å². The third-order valence-corrected chi connectivity index (χ3v) is 3.44. The molecule has 0 aliphatic heterocycles. The van der Waals surface area contributed by atoms with Gasteiger partial charge in [0.25, 0.3) is 0 Å². The summed E-state index contributed by atoms with van der Waals surface area (Å²) in [6.45, 7) is 12.3. The van der Waals surface area contributed by atoms with Gasteiger partial charge in [0.15, 0.2) is 0 Å². The Morgan fingerprint density at radius 2 is 1.92 bits per heavy atom. The maximum absolute atomic E-state index is 3.87. The topological polar surface area (TPSA) is 0 Å². The first-order valence-corrected chi connectivity index (χ1v) is 5.15. The molecule has 13 heavy (non-hydrogen) atoms. The second-order valence-electron chi connectivity index (χ2n) is 4.13. The second kappa shape index (κ2) is 4.45. The van der Waals surface area contributed by atoms with Gasteiger partial charge in [0.1, 0.15) is 0 Å². The van der Waals surface area contributed by atoms with Crippen molar-refractivity contribution in [2.45, 2.75) is 26.7 Å². The lowest BCUT2D eigenvalue weighted by atomic mass is 9.86. The standard InChI is InChI=1S/C13H20/c1-5-7-12(6-2)13-9-8-10(3)11(13)4/h5-7,10-11,13H,1-2,8-9H2,3-4H3/b12-7+. The molecule has 3 unspecified atom stereocenters. The molecule has 0 heterocycles. The Morgan fingerprint density at radius 3 is 2.31 bits per heavy atom. The summed E-state index contributed by atoms with van der Waals surface area (Å²) in [6.07, 6.45) is 8.63. The smallest absolute Gasteiger partial charge is 0.0134 e. The van der Waals surface area contributed by atoms with Crippen molar-refractivity contribution in [2.75, 3.05) is 0 Å². The average molecular weight is 176 g/mol. The Bertz CT molecular complexity index is 222.